The van der Waals surface area contributed by atoms with E-state index in [-0.39, 0.29) is 6.04 Å². The minimum absolute atomic E-state index is 0.0914. The van der Waals surface area contributed by atoms with Crippen LogP contribution in [0.15, 0.2) is 0 Å². The lowest BCUT2D eigenvalue weighted by Gasteiger charge is -2.27. The number of rotatable bonds is 2. The maximum atomic E-state index is 10.9. The molecule has 0 aromatic carbocycles. The van der Waals surface area contributed by atoms with Gasteiger partial charge in [0.2, 0.25) is 10.0 Å². The Morgan fingerprint density at radius 2 is 1.92 bits per heavy atom. The predicted octanol–water partition coefficient (Wildman–Crippen LogP) is 1.24. The molecule has 0 aromatic rings. The Morgan fingerprint density at radius 1 is 1.33 bits per heavy atom. The van der Waals surface area contributed by atoms with Gasteiger partial charge in [-0.3, -0.25) is 0 Å². The van der Waals surface area contributed by atoms with E-state index in [0.717, 1.165) is 19.3 Å². The summed E-state index contributed by atoms with van der Waals surface area (Å²) in [6, 6.07) is 0.0914. The van der Waals surface area contributed by atoms with Crippen molar-refractivity contribution in [2.24, 2.45) is 0 Å². The summed E-state index contributed by atoms with van der Waals surface area (Å²) in [5.41, 5.74) is 0. The van der Waals surface area contributed by atoms with Crippen molar-refractivity contribution in [3.63, 3.8) is 0 Å². The van der Waals surface area contributed by atoms with Crippen LogP contribution in [-0.2, 0) is 10.0 Å². The second kappa shape index (κ2) is 4.07. The van der Waals surface area contributed by atoms with Crippen LogP contribution >= 0.6 is 15.9 Å². The maximum Gasteiger partial charge on any atom is 0.208 e. The van der Waals surface area contributed by atoms with Gasteiger partial charge in [0.05, 0.1) is 6.26 Å². The van der Waals surface area contributed by atoms with Crippen LogP contribution in [0.25, 0.3) is 0 Å². The third-order valence-corrected chi connectivity index (χ3v) is 3.87. The molecule has 1 aliphatic rings. The SMILES string of the molecule is CS(=O)(=O)NC1CCCCC1Br. The van der Waals surface area contributed by atoms with Crippen molar-refractivity contribution < 1.29 is 8.42 Å². The van der Waals surface area contributed by atoms with Crippen molar-refractivity contribution in [3.8, 4) is 0 Å². The first kappa shape index (κ1) is 10.5. The minimum Gasteiger partial charge on any atom is -0.213 e. The van der Waals surface area contributed by atoms with Gasteiger partial charge in [0.25, 0.3) is 0 Å². The van der Waals surface area contributed by atoms with Gasteiger partial charge in [-0.25, -0.2) is 13.1 Å². The topological polar surface area (TPSA) is 46.2 Å². The van der Waals surface area contributed by atoms with Crippen molar-refractivity contribution in [2.45, 2.75) is 36.6 Å². The number of hydrogen-bond acceptors (Lipinski definition) is 2. The molecule has 2 unspecified atom stereocenters. The first-order chi connectivity index (χ1) is 5.49. The van der Waals surface area contributed by atoms with E-state index in [1.165, 1.54) is 12.7 Å². The van der Waals surface area contributed by atoms with E-state index in [0.29, 0.717) is 4.83 Å². The Bertz CT molecular complexity index is 240. The number of nitrogens with one attached hydrogen (secondary N) is 1. The molecule has 1 N–H and O–H groups in total. The molecule has 0 amide bonds. The molecule has 0 heterocycles. The van der Waals surface area contributed by atoms with Gasteiger partial charge >= 0.3 is 0 Å². The Hall–Kier alpha value is 0.390. The molecule has 0 aliphatic heterocycles. The Morgan fingerprint density at radius 3 is 2.42 bits per heavy atom. The molecule has 0 bridgehead atoms. The van der Waals surface area contributed by atoms with E-state index in [9.17, 15) is 8.42 Å². The summed E-state index contributed by atoms with van der Waals surface area (Å²) >= 11 is 3.48. The third-order valence-electron chi connectivity index (χ3n) is 2.05. The van der Waals surface area contributed by atoms with E-state index < -0.39 is 10.0 Å². The normalized spacial score (nSPS) is 31.8. The van der Waals surface area contributed by atoms with Crippen LogP contribution in [0.5, 0.6) is 0 Å². The second-order valence-electron chi connectivity index (χ2n) is 3.30. The standard InChI is InChI=1S/C7H14BrNO2S/c1-12(10,11)9-7-5-3-2-4-6(7)8/h6-7,9H,2-5H2,1H3. The monoisotopic (exact) mass is 255 g/mol. The lowest BCUT2D eigenvalue weighted by Crippen LogP contribution is -2.41. The van der Waals surface area contributed by atoms with Gasteiger partial charge in [-0.05, 0) is 12.8 Å². The first-order valence-electron chi connectivity index (χ1n) is 4.10. The number of halogens is 1. The third kappa shape index (κ3) is 3.41. The molecule has 3 nitrogen and oxygen atoms in total. The highest BCUT2D eigenvalue weighted by molar-refractivity contribution is 9.09. The molecule has 2 atom stereocenters. The highest BCUT2D eigenvalue weighted by atomic mass is 79.9. The summed E-state index contributed by atoms with van der Waals surface area (Å²) in [4.78, 5) is 0.306. The average molecular weight is 256 g/mol. The van der Waals surface area contributed by atoms with E-state index in [2.05, 4.69) is 20.7 Å². The number of sulfonamides is 1. The first-order valence-corrected chi connectivity index (χ1v) is 6.91. The molecule has 0 saturated heterocycles. The predicted molar refractivity (Wildman–Crippen MR) is 53.0 cm³/mol. The summed E-state index contributed by atoms with van der Waals surface area (Å²) in [7, 11) is -3.04. The zero-order valence-corrected chi connectivity index (χ0v) is 9.49. The summed E-state index contributed by atoms with van der Waals surface area (Å²) in [6.45, 7) is 0. The highest BCUT2D eigenvalue weighted by Gasteiger charge is 2.24. The fraction of sp³-hybridized carbons (Fsp3) is 1.00. The molecule has 0 spiro atoms. The largest absolute Gasteiger partial charge is 0.213 e. The molecule has 1 rings (SSSR count). The molecular weight excluding hydrogens is 242 g/mol. The van der Waals surface area contributed by atoms with Crippen molar-refractivity contribution >= 4 is 26.0 Å². The van der Waals surface area contributed by atoms with Gasteiger partial charge < -0.3 is 0 Å². The van der Waals surface area contributed by atoms with Gasteiger partial charge in [0.1, 0.15) is 0 Å². The second-order valence-corrected chi connectivity index (χ2v) is 6.25. The van der Waals surface area contributed by atoms with Crippen LogP contribution in [0.1, 0.15) is 25.7 Å². The van der Waals surface area contributed by atoms with E-state index in [1.54, 1.807) is 0 Å². The van der Waals surface area contributed by atoms with E-state index in [1.807, 2.05) is 0 Å². The van der Waals surface area contributed by atoms with Gasteiger partial charge in [-0.2, -0.15) is 0 Å². The van der Waals surface area contributed by atoms with Crippen LogP contribution in [-0.4, -0.2) is 25.5 Å². The van der Waals surface area contributed by atoms with Crippen LogP contribution < -0.4 is 4.72 Å². The van der Waals surface area contributed by atoms with Crippen molar-refractivity contribution in [3.05, 3.63) is 0 Å². The molecule has 1 aliphatic carbocycles. The zero-order chi connectivity index (χ0) is 9.19. The van der Waals surface area contributed by atoms with Crippen molar-refractivity contribution in [1.29, 1.82) is 0 Å². The van der Waals surface area contributed by atoms with Gasteiger partial charge in [0.15, 0.2) is 0 Å². The zero-order valence-electron chi connectivity index (χ0n) is 7.09. The summed E-state index contributed by atoms with van der Waals surface area (Å²) in [5, 5.41) is 0. The van der Waals surface area contributed by atoms with Crippen LogP contribution in [0, 0.1) is 0 Å². The van der Waals surface area contributed by atoms with Crippen LogP contribution in [0.2, 0.25) is 0 Å². The van der Waals surface area contributed by atoms with E-state index >= 15 is 0 Å². The van der Waals surface area contributed by atoms with Crippen molar-refractivity contribution in [1.82, 2.24) is 4.72 Å². The molecule has 0 radical (unpaired) electrons. The highest BCUT2D eigenvalue weighted by Crippen LogP contribution is 2.24. The van der Waals surface area contributed by atoms with Gasteiger partial charge in [0, 0.05) is 10.9 Å². The van der Waals surface area contributed by atoms with Crippen LogP contribution in [0.4, 0.5) is 0 Å². The average Bonchev–Trinajstić information content (AvgIpc) is 1.91. The summed E-state index contributed by atoms with van der Waals surface area (Å²) in [6.07, 6.45) is 5.53. The quantitative estimate of drug-likeness (QED) is 0.755. The number of hydrogen-bond donors (Lipinski definition) is 1. The molecule has 1 fully saturated rings. The lowest BCUT2D eigenvalue weighted by molar-refractivity contribution is 0.428. The summed E-state index contributed by atoms with van der Waals surface area (Å²) < 4.78 is 24.5. The molecule has 5 heteroatoms. The maximum absolute atomic E-state index is 10.9. The molecule has 72 valence electrons. The van der Waals surface area contributed by atoms with E-state index in [4.69, 9.17) is 0 Å². The Labute approximate surface area is 82.1 Å². The Balaban J connectivity index is 2.50. The van der Waals surface area contributed by atoms with Crippen LogP contribution in [0.3, 0.4) is 0 Å². The minimum atomic E-state index is -3.04. The molecule has 12 heavy (non-hydrogen) atoms. The fourth-order valence-electron chi connectivity index (χ4n) is 1.49. The lowest BCUT2D eigenvalue weighted by atomic mass is 9.96. The number of alkyl halides is 1. The smallest absolute Gasteiger partial charge is 0.208 e. The summed E-state index contributed by atoms with van der Waals surface area (Å²) in [5.74, 6) is 0. The van der Waals surface area contributed by atoms with Gasteiger partial charge in [-0.1, -0.05) is 28.8 Å². The molecular formula is C7H14BrNO2S. The van der Waals surface area contributed by atoms with Crippen molar-refractivity contribution in [2.75, 3.05) is 6.26 Å². The Kier molecular flexibility index (Phi) is 3.55. The fourth-order valence-corrected chi connectivity index (χ4v) is 3.22. The molecule has 1 saturated carbocycles. The van der Waals surface area contributed by atoms with Gasteiger partial charge in [-0.15, -0.1) is 0 Å². The molecule has 0 aromatic heterocycles.